The van der Waals surface area contributed by atoms with Gasteiger partial charge in [-0.1, -0.05) is 42.5 Å². The minimum atomic E-state index is -0.501. The number of carbonyl (C=O) groups excluding carboxylic acids is 1. The van der Waals surface area contributed by atoms with Gasteiger partial charge in [0.15, 0.2) is 0 Å². The molecule has 2 rings (SSSR count). The Balaban J connectivity index is 2.08. The van der Waals surface area contributed by atoms with Gasteiger partial charge in [-0.05, 0) is 23.8 Å². The normalized spacial score (nSPS) is 10.1. The SMILES string of the molecule is NC(=S)c1cc(NC(=O)Cc2ccccc2)ccc1F. The molecule has 0 saturated heterocycles. The van der Waals surface area contributed by atoms with Gasteiger partial charge in [0.1, 0.15) is 10.8 Å². The van der Waals surface area contributed by atoms with Crippen molar-refractivity contribution in [2.45, 2.75) is 6.42 Å². The first-order chi connectivity index (χ1) is 9.56. The zero-order valence-corrected chi connectivity index (χ0v) is 11.4. The molecule has 0 unspecified atom stereocenters. The number of nitrogens with two attached hydrogens (primary N) is 1. The van der Waals surface area contributed by atoms with Crippen molar-refractivity contribution in [2.75, 3.05) is 5.32 Å². The van der Waals surface area contributed by atoms with Crippen LogP contribution >= 0.6 is 12.2 Å². The topological polar surface area (TPSA) is 55.1 Å². The summed E-state index contributed by atoms with van der Waals surface area (Å²) in [5.74, 6) is -0.685. The minimum absolute atomic E-state index is 0.0401. The second-order valence-electron chi connectivity index (χ2n) is 4.27. The van der Waals surface area contributed by atoms with Gasteiger partial charge in [0.25, 0.3) is 0 Å². The van der Waals surface area contributed by atoms with Crippen LogP contribution < -0.4 is 11.1 Å². The van der Waals surface area contributed by atoms with E-state index in [4.69, 9.17) is 18.0 Å². The highest BCUT2D eigenvalue weighted by atomic mass is 32.1. The summed E-state index contributed by atoms with van der Waals surface area (Å²) >= 11 is 4.75. The maximum atomic E-state index is 13.4. The summed E-state index contributed by atoms with van der Waals surface area (Å²) in [6.45, 7) is 0. The molecule has 20 heavy (non-hydrogen) atoms. The third-order valence-electron chi connectivity index (χ3n) is 2.72. The first-order valence-corrected chi connectivity index (χ1v) is 6.40. The molecule has 0 aliphatic carbocycles. The van der Waals surface area contributed by atoms with Gasteiger partial charge < -0.3 is 11.1 Å². The average Bonchev–Trinajstić information content (AvgIpc) is 2.41. The highest BCUT2D eigenvalue weighted by Gasteiger charge is 2.08. The third kappa shape index (κ3) is 3.61. The minimum Gasteiger partial charge on any atom is -0.389 e. The lowest BCUT2D eigenvalue weighted by molar-refractivity contribution is -0.115. The molecule has 5 heteroatoms. The maximum absolute atomic E-state index is 13.4. The van der Waals surface area contributed by atoms with Gasteiger partial charge >= 0.3 is 0 Å². The first kappa shape index (κ1) is 14.1. The van der Waals surface area contributed by atoms with E-state index in [1.807, 2.05) is 30.3 Å². The molecule has 102 valence electrons. The number of benzene rings is 2. The molecule has 0 aromatic heterocycles. The van der Waals surface area contributed by atoms with Crippen LogP contribution in [-0.2, 0) is 11.2 Å². The van der Waals surface area contributed by atoms with Crippen LogP contribution in [0.25, 0.3) is 0 Å². The summed E-state index contributed by atoms with van der Waals surface area (Å²) in [6, 6.07) is 13.5. The molecular formula is C15H13FN2OS. The van der Waals surface area contributed by atoms with Crippen LogP contribution in [-0.4, -0.2) is 10.9 Å². The van der Waals surface area contributed by atoms with Crippen LogP contribution in [0.3, 0.4) is 0 Å². The highest BCUT2D eigenvalue weighted by Crippen LogP contribution is 2.15. The molecule has 0 fully saturated rings. The molecule has 3 nitrogen and oxygen atoms in total. The Morgan fingerprint density at radius 2 is 1.90 bits per heavy atom. The number of thiocarbonyl (C=S) groups is 1. The summed E-state index contributed by atoms with van der Waals surface area (Å²) < 4.78 is 13.4. The molecule has 0 saturated carbocycles. The monoisotopic (exact) mass is 288 g/mol. The smallest absolute Gasteiger partial charge is 0.228 e. The van der Waals surface area contributed by atoms with Crippen molar-refractivity contribution in [3.63, 3.8) is 0 Å². The lowest BCUT2D eigenvalue weighted by Gasteiger charge is -2.08. The number of halogens is 1. The Hall–Kier alpha value is -2.27. The molecule has 0 heterocycles. The molecule has 0 aliphatic heterocycles. The van der Waals surface area contributed by atoms with Crippen LogP contribution in [0.1, 0.15) is 11.1 Å². The zero-order valence-electron chi connectivity index (χ0n) is 10.6. The Morgan fingerprint density at radius 3 is 2.55 bits per heavy atom. The standard InChI is InChI=1S/C15H13FN2OS/c16-13-7-6-11(9-12(13)15(17)20)18-14(19)8-10-4-2-1-3-5-10/h1-7,9H,8H2,(H2,17,20)(H,18,19). The molecule has 0 atom stereocenters. The van der Waals surface area contributed by atoms with Gasteiger partial charge in [0.2, 0.25) is 5.91 Å². The third-order valence-corrected chi connectivity index (χ3v) is 2.94. The van der Waals surface area contributed by atoms with Crippen molar-refractivity contribution < 1.29 is 9.18 Å². The van der Waals surface area contributed by atoms with E-state index in [0.29, 0.717) is 5.69 Å². The fourth-order valence-electron chi connectivity index (χ4n) is 1.78. The van der Waals surface area contributed by atoms with Crippen LogP contribution in [0.2, 0.25) is 0 Å². The summed E-state index contributed by atoms with van der Waals surface area (Å²) in [4.78, 5) is 11.8. The number of amides is 1. The summed E-state index contributed by atoms with van der Waals surface area (Å²) in [5, 5.41) is 2.69. The van der Waals surface area contributed by atoms with Gasteiger partial charge in [-0.15, -0.1) is 0 Å². The lowest BCUT2D eigenvalue weighted by Crippen LogP contribution is -2.16. The van der Waals surface area contributed by atoms with Crippen molar-refractivity contribution in [1.82, 2.24) is 0 Å². The fourth-order valence-corrected chi connectivity index (χ4v) is 1.93. The van der Waals surface area contributed by atoms with Crippen LogP contribution in [0.5, 0.6) is 0 Å². The largest absolute Gasteiger partial charge is 0.389 e. The number of carbonyl (C=O) groups is 1. The van der Waals surface area contributed by atoms with Crippen LogP contribution in [0.4, 0.5) is 10.1 Å². The first-order valence-electron chi connectivity index (χ1n) is 5.99. The molecule has 0 bridgehead atoms. The predicted octanol–water partition coefficient (Wildman–Crippen LogP) is 2.64. The van der Waals surface area contributed by atoms with Gasteiger partial charge in [-0.3, -0.25) is 4.79 Å². The fraction of sp³-hybridized carbons (Fsp3) is 0.0667. The van der Waals surface area contributed by atoms with Gasteiger partial charge in [-0.2, -0.15) is 0 Å². The highest BCUT2D eigenvalue weighted by molar-refractivity contribution is 7.80. The average molecular weight is 288 g/mol. The Labute approximate surface area is 121 Å². The molecule has 1 amide bonds. The van der Waals surface area contributed by atoms with Crippen molar-refractivity contribution in [1.29, 1.82) is 0 Å². The number of anilines is 1. The van der Waals surface area contributed by atoms with Gasteiger partial charge in [0, 0.05) is 11.3 Å². The number of rotatable bonds is 4. The van der Waals surface area contributed by atoms with E-state index < -0.39 is 5.82 Å². The van der Waals surface area contributed by atoms with E-state index >= 15 is 0 Å². The molecule has 2 aromatic carbocycles. The Bertz CT molecular complexity index is 644. The molecule has 3 N–H and O–H groups in total. The van der Waals surface area contributed by atoms with Crippen molar-refractivity contribution in [3.05, 3.63) is 65.5 Å². The Kier molecular flexibility index (Phi) is 4.42. The molecular weight excluding hydrogens is 275 g/mol. The van der Waals surface area contributed by atoms with Crippen molar-refractivity contribution in [3.8, 4) is 0 Å². The number of hydrogen-bond acceptors (Lipinski definition) is 2. The molecule has 0 aliphatic rings. The van der Waals surface area contributed by atoms with E-state index in [1.54, 1.807) is 0 Å². The molecule has 2 aromatic rings. The van der Waals surface area contributed by atoms with E-state index in [2.05, 4.69) is 5.32 Å². The predicted molar refractivity (Wildman–Crippen MR) is 81.1 cm³/mol. The second-order valence-corrected chi connectivity index (χ2v) is 4.71. The van der Waals surface area contributed by atoms with Crippen LogP contribution in [0, 0.1) is 5.82 Å². The quantitative estimate of drug-likeness (QED) is 0.850. The second kappa shape index (κ2) is 6.25. The summed E-state index contributed by atoms with van der Waals surface area (Å²) in [5.41, 5.74) is 6.91. The number of hydrogen-bond donors (Lipinski definition) is 2. The summed E-state index contributed by atoms with van der Waals surface area (Å²) in [6.07, 6.45) is 0.251. The van der Waals surface area contributed by atoms with E-state index in [9.17, 15) is 9.18 Å². The van der Waals surface area contributed by atoms with Crippen molar-refractivity contribution >= 4 is 28.8 Å². The van der Waals surface area contributed by atoms with E-state index in [0.717, 1.165) is 5.56 Å². The Morgan fingerprint density at radius 1 is 1.20 bits per heavy atom. The molecule has 0 spiro atoms. The molecule has 0 radical (unpaired) electrons. The number of nitrogens with one attached hydrogen (secondary N) is 1. The van der Waals surface area contributed by atoms with Gasteiger partial charge in [0.05, 0.1) is 6.42 Å². The zero-order chi connectivity index (χ0) is 14.5. The van der Waals surface area contributed by atoms with E-state index in [-0.39, 0.29) is 22.9 Å². The van der Waals surface area contributed by atoms with Crippen LogP contribution in [0.15, 0.2) is 48.5 Å². The summed E-state index contributed by atoms with van der Waals surface area (Å²) in [7, 11) is 0. The van der Waals surface area contributed by atoms with Crippen molar-refractivity contribution in [2.24, 2.45) is 5.73 Å². The maximum Gasteiger partial charge on any atom is 0.228 e. The van der Waals surface area contributed by atoms with Gasteiger partial charge in [-0.25, -0.2) is 4.39 Å². The lowest BCUT2D eigenvalue weighted by atomic mass is 10.1. The van der Waals surface area contributed by atoms with E-state index in [1.165, 1.54) is 18.2 Å².